The molecule has 2 N–H and O–H groups in total. The minimum Gasteiger partial charge on any atom is -0.338 e. The standard InChI is InChI=1S/C9H12ClN3O/c10-4-1-5-12-9(14)13-8-2-6-11-7-3-8/h2-3,6-7H,1,4-5H2,(H2,11,12,13,14). The van der Waals surface area contributed by atoms with Gasteiger partial charge in [-0.25, -0.2) is 4.79 Å². The van der Waals surface area contributed by atoms with E-state index < -0.39 is 0 Å². The highest BCUT2D eigenvalue weighted by molar-refractivity contribution is 6.17. The molecule has 1 rings (SSSR count). The van der Waals surface area contributed by atoms with Crippen LogP contribution >= 0.6 is 11.6 Å². The molecule has 14 heavy (non-hydrogen) atoms. The van der Waals surface area contributed by atoms with Crippen LogP contribution in [0.1, 0.15) is 6.42 Å². The number of halogens is 1. The molecule has 0 spiro atoms. The zero-order valence-corrected chi connectivity index (χ0v) is 8.42. The molecule has 1 heterocycles. The lowest BCUT2D eigenvalue weighted by Gasteiger charge is -2.05. The number of pyridine rings is 1. The molecule has 0 atom stereocenters. The largest absolute Gasteiger partial charge is 0.338 e. The zero-order valence-electron chi connectivity index (χ0n) is 7.66. The van der Waals surface area contributed by atoms with Crippen LogP contribution in [0.5, 0.6) is 0 Å². The van der Waals surface area contributed by atoms with E-state index in [4.69, 9.17) is 11.6 Å². The molecule has 2 amide bonds. The molecule has 0 aliphatic rings. The molecule has 0 aliphatic heterocycles. The zero-order chi connectivity index (χ0) is 10.2. The molecule has 76 valence electrons. The Bertz CT molecular complexity index is 279. The maximum absolute atomic E-state index is 11.2. The summed E-state index contributed by atoms with van der Waals surface area (Å²) >= 11 is 5.47. The smallest absolute Gasteiger partial charge is 0.319 e. The normalized spacial score (nSPS) is 9.50. The van der Waals surface area contributed by atoms with Crippen LogP contribution in [0.3, 0.4) is 0 Å². The fourth-order valence-corrected chi connectivity index (χ4v) is 1.01. The Hall–Kier alpha value is -1.29. The minimum atomic E-state index is -0.221. The molecular formula is C9H12ClN3O. The first kappa shape index (κ1) is 10.8. The Balaban J connectivity index is 2.27. The van der Waals surface area contributed by atoms with E-state index in [9.17, 15) is 4.79 Å². The molecule has 0 fully saturated rings. The maximum Gasteiger partial charge on any atom is 0.319 e. The highest BCUT2D eigenvalue weighted by Gasteiger charge is 1.98. The lowest BCUT2D eigenvalue weighted by atomic mass is 10.4. The van der Waals surface area contributed by atoms with Crippen molar-refractivity contribution in [1.29, 1.82) is 0 Å². The van der Waals surface area contributed by atoms with E-state index in [1.165, 1.54) is 0 Å². The number of anilines is 1. The third-order valence-corrected chi connectivity index (χ3v) is 1.80. The summed E-state index contributed by atoms with van der Waals surface area (Å²) in [5.41, 5.74) is 0.725. The first-order valence-electron chi connectivity index (χ1n) is 4.34. The number of nitrogens with zero attached hydrogens (tertiary/aromatic N) is 1. The number of hydrogen-bond acceptors (Lipinski definition) is 2. The highest BCUT2D eigenvalue weighted by Crippen LogP contribution is 2.01. The van der Waals surface area contributed by atoms with Gasteiger partial charge in [-0.2, -0.15) is 0 Å². The Morgan fingerprint density at radius 2 is 2.14 bits per heavy atom. The number of urea groups is 1. The van der Waals surface area contributed by atoms with Crippen molar-refractivity contribution in [2.24, 2.45) is 0 Å². The van der Waals surface area contributed by atoms with Gasteiger partial charge in [0.1, 0.15) is 0 Å². The van der Waals surface area contributed by atoms with E-state index in [0.29, 0.717) is 12.4 Å². The first-order valence-corrected chi connectivity index (χ1v) is 4.87. The number of hydrogen-bond donors (Lipinski definition) is 2. The van der Waals surface area contributed by atoms with Gasteiger partial charge in [-0.15, -0.1) is 11.6 Å². The SMILES string of the molecule is O=C(NCCCCl)Nc1ccncc1. The van der Waals surface area contributed by atoms with Crippen molar-refractivity contribution in [3.8, 4) is 0 Å². The molecular weight excluding hydrogens is 202 g/mol. The van der Waals surface area contributed by atoms with Crippen molar-refractivity contribution in [3.63, 3.8) is 0 Å². The molecule has 0 unspecified atom stereocenters. The fourth-order valence-electron chi connectivity index (χ4n) is 0.879. The predicted octanol–water partition coefficient (Wildman–Crippen LogP) is 1.83. The average molecular weight is 214 g/mol. The molecule has 0 saturated carbocycles. The average Bonchev–Trinajstić information content (AvgIpc) is 2.20. The van der Waals surface area contributed by atoms with Crippen LogP contribution in [-0.2, 0) is 0 Å². The molecule has 0 radical (unpaired) electrons. The van der Waals surface area contributed by atoms with Gasteiger partial charge in [0, 0.05) is 30.5 Å². The Morgan fingerprint density at radius 3 is 2.79 bits per heavy atom. The van der Waals surface area contributed by atoms with Gasteiger partial charge in [0.15, 0.2) is 0 Å². The van der Waals surface area contributed by atoms with E-state index in [0.717, 1.165) is 12.1 Å². The molecule has 5 heteroatoms. The summed E-state index contributed by atoms with van der Waals surface area (Å²) in [6.45, 7) is 0.584. The van der Waals surface area contributed by atoms with E-state index in [1.807, 2.05) is 0 Å². The van der Waals surface area contributed by atoms with Crippen molar-refractivity contribution in [1.82, 2.24) is 10.3 Å². The van der Waals surface area contributed by atoms with Crippen LogP contribution < -0.4 is 10.6 Å². The van der Waals surface area contributed by atoms with E-state index >= 15 is 0 Å². The van der Waals surface area contributed by atoms with Crippen LogP contribution in [0.4, 0.5) is 10.5 Å². The summed E-state index contributed by atoms with van der Waals surface area (Å²) in [6, 6.07) is 3.23. The molecule has 1 aromatic rings. The Labute approximate surface area is 87.7 Å². The lowest BCUT2D eigenvalue weighted by molar-refractivity contribution is 0.252. The third kappa shape index (κ3) is 4.09. The van der Waals surface area contributed by atoms with Gasteiger partial charge in [0.2, 0.25) is 0 Å². The summed E-state index contributed by atoms with van der Waals surface area (Å²) in [7, 11) is 0. The second kappa shape index (κ2) is 6.21. The van der Waals surface area contributed by atoms with Crippen LogP contribution in [-0.4, -0.2) is 23.4 Å². The molecule has 0 aromatic carbocycles. The summed E-state index contributed by atoms with van der Waals surface area (Å²) in [5, 5.41) is 5.34. The second-order valence-electron chi connectivity index (χ2n) is 2.66. The molecule has 0 bridgehead atoms. The quantitative estimate of drug-likeness (QED) is 0.592. The van der Waals surface area contributed by atoms with Gasteiger partial charge in [-0.1, -0.05) is 0 Å². The summed E-state index contributed by atoms with van der Waals surface area (Å²) in [6.07, 6.45) is 4.01. The van der Waals surface area contributed by atoms with Gasteiger partial charge in [0.25, 0.3) is 0 Å². The molecule has 0 saturated heterocycles. The summed E-state index contributed by atoms with van der Waals surface area (Å²) in [4.78, 5) is 15.0. The lowest BCUT2D eigenvalue weighted by Crippen LogP contribution is -2.29. The van der Waals surface area contributed by atoms with Crippen molar-refractivity contribution < 1.29 is 4.79 Å². The van der Waals surface area contributed by atoms with E-state index in [-0.39, 0.29) is 6.03 Å². The highest BCUT2D eigenvalue weighted by atomic mass is 35.5. The third-order valence-electron chi connectivity index (χ3n) is 1.53. The number of carbonyl (C=O) groups is 1. The number of alkyl halides is 1. The van der Waals surface area contributed by atoms with Crippen molar-refractivity contribution >= 4 is 23.3 Å². The Morgan fingerprint density at radius 1 is 1.43 bits per heavy atom. The van der Waals surface area contributed by atoms with E-state index in [2.05, 4.69) is 15.6 Å². The second-order valence-corrected chi connectivity index (χ2v) is 3.04. The number of carbonyl (C=O) groups excluding carboxylic acids is 1. The number of nitrogens with one attached hydrogen (secondary N) is 2. The van der Waals surface area contributed by atoms with Crippen LogP contribution in [0.2, 0.25) is 0 Å². The molecule has 4 nitrogen and oxygen atoms in total. The predicted molar refractivity (Wildman–Crippen MR) is 56.6 cm³/mol. The van der Waals surface area contributed by atoms with E-state index in [1.54, 1.807) is 24.5 Å². The Kier molecular flexibility index (Phi) is 4.78. The molecule has 0 aliphatic carbocycles. The monoisotopic (exact) mass is 213 g/mol. The van der Waals surface area contributed by atoms with Gasteiger partial charge < -0.3 is 10.6 Å². The van der Waals surface area contributed by atoms with Gasteiger partial charge in [-0.3, -0.25) is 4.98 Å². The molecule has 1 aromatic heterocycles. The van der Waals surface area contributed by atoms with Crippen LogP contribution in [0.25, 0.3) is 0 Å². The van der Waals surface area contributed by atoms with Crippen molar-refractivity contribution in [2.45, 2.75) is 6.42 Å². The number of rotatable bonds is 4. The summed E-state index contributed by atoms with van der Waals surface area (Å²) in [5.74, 6) is 0.551. The first-order chi connectivity index (χ1) is 6.83. The maximum atomic E-state index is 11.2. The van der Waals surface area contributed by atoms with Gasteiger partial charge in [-0.05, 0) is 18.6 Å². The van der Waals surface area contributed by atoms with Crippen molar-refractivity contribution in [3.05, 3.63) is 24.5 Å². The van der Waals surface area contributed by atoms with Gasteiger partial charge >= 0.3 is 6.03 Å². The minimum absolute atomic E-state index is 0.221. The van der Waals surface area contributed by atoms with Crippen LogP contribution in [0.15, 0.2) is 24.5 Å². The van der Waals surface area contributed by atoms with Gasteiger partial charge in [0.05, 0.1) is 0 Å². The fraction of sp³-hybridized carbons (Fsp3) is 0.333. The topological polar surface area (TPSA) is 54.0 Å². The van der Waals surface area contributed by atoms with Crippen molar-refractivity contribution in [2.75, 3.05) is 17.7 Å². The number of aromatic nitrogens is 1. The summed E-state index contributed by atoms with van der Waals surface area (Å²) < 4.78 is 0. The number of amides is 2. The van der Waals surface area contributed by atoms with Crippen LogP contribution in [0, 0.1) is 0 Å².